The monoisotopic (exact) mass is 415 g/mol. The number of hydrogen-bond acceptors (Lipinski definition) is 6. The molecule has 3 aromatic rings. The van der Waals surface area contributed by atoms with Crippen LogP contribution in [0.3, 0.4) is 0 Å². The fraction of sp³-hybridized carbons (Fsp3) is 0.263. The number of rotatable bonds is 5. The molecule has 1 saturated heterocycles. The van der Waals surface area contributed by atoms with E-state index in [2.05, 4.69) is 15.5 Å². The van der Waals surface area contributed by atoms with E-state index in [9.17, 15) is 4.79 Å². The highest BCUT2D eigenvalue weighted by atomic mass is 35.5. The van der Waals surface area contributed by atoms with Crippen molar-refractivity contribution in [2.75, 3.05) is 26.3 Å². The van der Waals surface area contributed by atoms with Gasteiger partial charge >= 0.3 is 0 Å². The number of carbonyl (C=O) groups excluding carboxylic acids is 1. The van der Waals surface area contributed by atoms with Crippen molar-refractivity contribution in [2.24, 2.45) is 0 Å². The Morgan fingerprint density at radius 1 is 1.07 bits per heavy atom. The van der Waals surface area contributed by atoms with Crippen LogP contribution in [0.15, 0.2) is 59.8 Å². The molecule has 1 aromatic heterocycles. The molecule has 0 spiro atoms. The highest BCUT2D eigenvalue weighted by molar-refractivity contribution is 8.00. The van der Waals surface area contributed by atoms with E-state index in [0.29, 0.717) is 36.5 Å². The van der Waals surface area contributed by atoms with Gasteiger partial charge in [-0.25, -0.2) is 0 Å². The molecule has 1 fully saturated rings. The number of aromatic nitrogens is 4. The molecule has 0 radical (unpaired) electrons. The Balaban J connectivity index is 1.64. The Bertz CT molecular complexity index is 929. The molecule has 7 nitrogen and oxygen atoms in total. The summed E-state index contributed by atoms with van der Waals surface area (Å²) in [6.07, 6.45) is 0. The van der Waals surface area contributed by atoms with Crippen LogP contribution in [0.1, 0.15) is 10.8 Å². The van der Waals surface area contributed by atoms with Gasteiger partial charge in [0.1, 0.15) is 5.25 Å². The van der Waals surface area contributed by atoms with Gasteiger partial charge in [0.05, 0.1) is 18.9 Å². The molecule has 0 saturated carbocycles. The van der Waals surface area contributed by atoms with E-state index in [4.69, 9.17) is 16.3 Å². The molecule has 1 aliphatic rings. The maximum absolute atomic E-state index is 13.3. The quantitative estimate of drug-likeness (QED) is 0.596. The lowest BCUT2D eigenvalue weighted by Gasteiger charge is -2.30. The maximum Gasteiger partial charge on any atom is 0.240 e. The second kappa shape index (κ2) is 8.72. The predicted octanol–water partition coefficient (Wildman–Crippen LogP) is 3.01. The van der Waals surface area contributed by atoms with E-state index in [1.54, 1.807) is 16.8 Å². The average Bonchev–Trinajstić information content (AvgIpc) is 3.21. The zero-order valence-corrected chi connectivity index (χ0v) is 16.5. The summed E-state index contributed by atoms with van der Waals surface area (Å²) in [5.41, 5.74) is 1.69. The number of morpholine rings is 1. The first kappa shape index (κ1) is 18.9. The zero-order chi connectivity index (χ0) is 19.3. The number of carbonyl (C=O) groups is 1. The van der Waals surface area contributed by atoms with Gasteiger partial charge in [-0.2, -0.15) is 4.68 Å². The lowest BCUT2D eigenvalue weighted by atomic mass is 10.1. The van der Waals surface area contributed by atoms with Crippen molar-refractivity contribution in [3.8, 4) is 5.69 Å². The van der Waals surface area contributed by atoms with Crippen molar-refractivity contribution < 1.29 is 9.53 Å². The van der Waals surface area contributed by atoms with Crippen LogP contribution in [-0.2, 0) is 9.53 Å². The van der Waals surface area contributed by atoms with Gasteiger partial charge in [-0.1, -0.05) is 53.7 Å². The molecule has 1 unspecified atom stereocenters. The number of halogens is 1. The molecule has 1 atom stereocenters. The molecule has 28 heavy (non-hydrogen) atoms. The van der Waals surface area contributed by atoms with Gasteiger partial charge in [0.25, 0.3) is 0 Å². The van der Waals surface area contributed by atoms with Gasteiger partial charge in [-0.05, 0) is 40.3 Å². The first-order valence-electron chi connectivity index (χ1n) is 8.85. The van der Waals surface area contributed by atoms with Crippen molar-refractivity contribution >= 4 is 29.3 Å². The second-order valence-electron chi connectivity index (χ2n) is 6.20. The molecule has 9 heteroatoms. The van der Waals surface area contributed by atoms with Crippen LogP contribution < -0.4 is 0 Å². The van der Waals surface area contributed by atoms with Crippen molar-refractivity contribution in [2.45, 2.75) is 10.4 Å². The molecule has 144 valence electrons. The summed E-state index contributed by atoms with van der Waals surface area (Å²) in [5, 5.41) is 12.8. The smallest absolute Gasteiger partial charge is 0.240 e. The second-order valence-corrected chi connectivity index (χ2v) is 7.70. The van der Waals surface area contributed by atoms with Gasteiger partial charge in [-0.15, -0.1) is 5.10 Å². The molecule has 1 aliphatic heterocycles. The minimum Gasteiger partial charge on any atom is -0.378 e. The topological polar surface area (TPSA) is 73.1 Å². The first-order valence-corrected chi connectivity index (χ1v) is 10.1. The van der Waals surface area contributed by atoms with E-state index >= 15 is 0 Å². The van der Waals surface area contributed by atoms with E-state index in [1.807, 2.05) is 47.4 Å². The summed E-state index contributed by atoms with van der Waals surface area (Å²) >= 11 is 7.32. The Morgan fingerprint density at radius 2 is 1.79 bits per heavy atom. The standard InChI is InChI=1S/C19H18ClN5O2S/c20-15-6-8-16(9-7-15)25-19(21-22-23-25)28-17(14-4-2-1-3-5-14)18(26)24-10-12-27-13-11-24/h1-9,17H,10-13H2. The first-order chi connectivity index (χ1) is 13.7. The highest BCUT2D eigenvalue weighted by Crippen LogP contribution is 2.36. The minimum absolute atomic E-state index is 0.0326. The lowest BCUT2D eigenvalue weighted by Crippen LogP contribution is -2.42. The van der Waals surface area contributed by atoms with E-state index in [-0.39, 0.29) is 5.91 Å². The predicted molar refractivity (Wildman–Crippen MR) is 107 cm³/mol. The van der Waals surface area contributed by atoms with Crippen molar-refractivity contribution in [3.63, 3.8) is 0 Å². The lowest BCUT2D eigenvalue weighted by molar-refractivity contribution is -0.134. The van der Waals surface area contributed by atoms with Crippen LogP contribution in [0.2, 0.25) is 5.02 Å². The molecule has 2 heterocycles. The number of nitrogens with zero attached hydrogens (tertiary/aromatic N) is 5. The Hall–Kier alpha value is -2.42. The summed E-state index contributed by atoms with van der Waals surface area (Å²) in [5.74, 6) is 0.0326. The van der Waals surface area contributed by atoms with Crippen molar-refractivity contribution in [1.29, 1.82) is 0 Å². The van der Waals surface area contributed by atoms with E-state index in [1.165, 1.54) is 11.8 Å². The third kappa shape index (κ3) is 4.19. The van der Waals surface area contributed by atoms with Gasteiger partial charge in [-0.3, -0.25) is 4.79 Å². The third-order valence-corrected chi connectivity index (χ3v) is 5.81. The van der Waals surface area contributed by atoms with Crippen LogP contribution in [0.25, 0.3) is 5.69 Å². The van der Waals surface area contributed by atoms with Crippen LogP contribution >= 0.6 is 23.4 Å². The van der Waals surface area contributed by atoms with Gasteiger partial charge in [0, 0.05) is 18.1 Å². The van der Waals surface area contributed by atoms with Crippen LogP contribution in [-0.4, -0.2) is 57.3 Å². The number of ether oxygens (including phenoxy) is 1. The Morgan fingerprint density at radius 3 is 2.50 bits per heavy atom. The fourth-order valence-electron chi connectivity index (χ4n) is 2.94. The van der Waals surface area contributed by atoms with Crippen molar-refractivity contribution in [3.05, 3.63) is 65.2 Å². The Labute approximate surface area is 171 Å². The molecule has 4 rings (SSSR count). The third-order valence-electron chi connectivity index (χ3n) is 4.38. The summed E-state index contributed by atoms with van der Waals surface area (Å²) in [6, 6.07) is 16.9. The summed E-state index contributed by atoms with van der Waals surface area (Å²) in [4.78, 5) is 15.1. The number of thioether (sulfide) groups is 1. The summed E-state index contributed by atoms with van der Waals surface area (Å²) in [7, 11) is 0. The summed E-state index contributed by atoms with van der Waals surface area (Å²) < 4.78 is 6.99. The molecule has 0 bridgehead atoms. The molecule has 1 amide bonds. The molecule has 0 aliphatic carbocycles. The van der Waals surface area contributed by atoms with Gasteiger partial charge in [0.2, 0.25) is 11.1 Å². The normalized spacial score (nSPS) is 15.4. The Kier molecular flexibility index (Phi) is 5.90. The van der Waals surface area contributed by atoms with Gasteiger partial charge in [0.15, 0.2) is 0 Å². The number of amides is 1. The van der Waals surface area contributed by atoms with Crippen LogP contribution in [0, 0.1) is 0 Å². The highest BCUT2D eigenvalue weighted by Gasteiger charge is 2.30. The molecular formula is C19H18ClN5O2S. The molecular weight excluding hydrogens is 398 g/mol. The van der Waals surface area contributed by atoms with E-state index in [0.717, 1.165) is 11.3 Å². The van der Waals surface area contributed by atoms with Crippen LogP contribution in [0.4, 0.5) is 0 Å². The van der Waals surface area contributed by atoms with E-state index < -0.39 is 5.25 Å². The number of tetrazole rings is 1. The number of benzene rings is 2. The largest absolute Gasteiger partial charge is 0.378 e. The molecule has 2 aromatic carbocycles. The zero-order valence-electron chi connectivity index (χ0n) is 14.9. The minimum atomic E-state index is -0.448. The summed E-state index contributed by atoms with van der Waals surface area (Å²) in [6.45, 7) is 2.29. The van der Waals surface area contributed by atoms with Crippen molar-refractivity contribution in [1.82, 2.24) is 25.1 Å². The van der Waals surface area contributed by atoms with Crippen LogP contribution in [0.5, 0.6) is 0 Å². The average molecular weight is 416 g/mol. The van der Waals surface area contributed by atoms with Gasteiger partial charge < -0.3 is 9.64 Å². The SMILES string of the molecule is O=C(C(Sc1nnnn1-c1ccc(Cl)cc1)c1ccccc1)N1CCOCC1. The maximum atomic E-state index is 13.3. The molecule has 0 N–H and O–H groups in total. The number of hydrogen-bond donors (Lipinski definition) is 0. The fourth-order valence-corrected chi connectivity index (χ4v) is 4.15.